The van der Waals surface area contributed by atoms with Crippen molar-refractivity contribution in [3.8, 4) is 0 Å². The zero-order chi connectivity index (χ0) is 20.4. The van der Waals surface area contributed by atoms with Crippen LogP contribution < -0.4 is 22.1 Å². The summed E-state index contributed by atoms with van der Waals surface area (Å²) in [5.41, 5.74) is 15.6. The Balaban J connectivity index is 1.61. The third-order valence-electron chi connectivity index (χ3n) is 5.46. The lowest BCUT2D eigenvalue weighted by molar-refractivity contribution is 0.410. The smallest absolute Gasteiger partial charge is 0.227 e. The van der Waals surface area contributed by atoms with Crippen molar-refractivity contribution in [3.63, 3.8) is 0 Å². The number of aryl methyl sites for hydroxylation is 1. The number of aromatic nitrogens is 4. The molecule has 2 aromatic heterocycles. The number of nitrogens with two attached hydrogens (primary N) is 2. The number of nitrogen functional groups attached to an aromatic ring is 1. The first-order chi connectivity index (χ1) is 14.0. The lowest BCUT2D eigenvalue weighted by atomic mass is 9.92. The molecule has 0 unspecified atom stereocenters. The Kier molecular flexibility index (Phi) is 6.04. The summed E-state index contributed by atoms with van der Waals surface area (Å²) in [4.78, 5) is 14.0. The molecule has 2 heterocycles. The zero-order valence-electron chi connectivity index (χ0n) is 16.5. The predicted molar refractivity (Wildman–Crippen MR) is 126 cm³/mol. The van der Waals surface area contributed by atoms with Gasteiger partial charge in [-0.1, -0.05) is 0 Å². The van der Waals surface area contributed by atoms with Crippen molar-refractivity contribution in [2.45, 2.75) is 57.8 Å². The van der Waals surface area contributed by atoms with Crippen LogP contribution in [0.4, 0.5) is 17.5 Å². The van der Waals surface area contributed by atoms with Crippen LogP contribution in [0.15, 0.2) is 24.5 Å². The molecule has 1 fully saturated rings. The van der Waals surface area contributed by atoms with Gasteiger partial charge in [0.1, 0.15) is 0 Å². The molecule has 3 aromatic rings. The molecule has 154 valence electrons. The van der Waals surface area contributed by atoms with Crippen LogP contribution in [0.5, 0.6) is 0 Å². The van der Waals surface area contributed by atoms with Crippen molar-refractivity contribution in [1.82, 2.24) is 19.5 Å². The molecule has 9 heteroatoms. The molecule has 1 aliphatic rings. The first kappa shape index (κ1) is 20.1. The highest BCUT2D eigenvalue weighted by Crippen LogP contribution is 2.25. The van der Waals surface area contributed by atoms with Crippen LogP contribution in [0.1, 0.15) is 38.2 Å². The van der Waals surface area contributed by atoms with E-state index in [-0.39, 0.29) is 0 Å². The van der Waals surface area contributed by atoms with E-state index in [0.29, 0.717) is 24.6 Å². The van der Waals surface area contributed by atoms with E-state index in [1.165, 1.54) is 0 Å². The van der Waals surface area contributed by atoms with Crippen molar-refractivity contribution in [3.05, 3.63) is 33.7 Å². The van der Waals surface area contributed by atoms with E-state index in [2.05, 4.69) is 51.2 Å². The van der Waals surface area contributed by atoms with Gasteiger partial charge in [-0.25, -0.2) is 4.98 Å². The number of benzene rings is 1. The van der Waals surface area contributed by atoms with E-state index in [1.54, 1.807) is 0 Å². The molecule has 4 rings (SSSR count). The summed E-state index contributed by atoms with van der Waals surface area (Å²) < 4.78 is 3.18. The molecule has 0 bridgehead atoms. The maximum atomic E-state index is 6.14. The van der Waals surface area contributed by atoms with Crippen LogP contribution in [-0.4, -0.2) is 31.6 Å². The summed E-state index contributed by atoms with van der Waals surface area (Å²) in [5, 5.41) is 6.93. The van der Waals surface area contributed by atoms with Gasteiger partial charge in [-0.05, 0) is 79.0 Å². The van der Waals surface area contributed by atoms with Gasteiger partial charge in [-0.15, -0.1) is 0 Å². The standard InChI is InChI=1S/C20H27IN8/c1-2-29-11-25-17-18(24-10-12-9-13(21)3-8-16(12)23)27-20(28-19(17)29)26-15-6-4-14(22)5-7-15/h3,8-9,11,14-15H,2,4-7,10,22-23H2,1H3,(H2,24,26,27,28). The SMILES string of the molecule is CCn1cnc2c(NCc3cc(I)ccc3N)nc(NC3CCC(N)CC3)nc21. The molecule has 0 spiro atoms. The molecule has 6 N–H and O–H groups in total. The summed E-state index contributed by atoms with van der Waals surface area (Å²) >= 11 is 2.29. The molecule has 1 aliphatic carbocycles. The van der Waals surface area contributed by atoms with Gasteiger partial charge in [0.2, 0.25) is 5.95 Å². The van der Waals surface area contributed by atoms with E-state index >= 15 is 0 Å². The molecule has 0 atom stereocenters. The maximum Gasteiger partial charge on any atom is 0.227 e. The fourth-order valence-corrected chi connectivity index (χ4v) is 4.27. The number of hydrogen-bond donors (Lipinski definition) is 4. The quantitative estimate of drug-likeness (QED) is 0.299. The van der Waals surface area contributed by atoms with E-state index < -0.39 is 0 Å². The number of anilines is 3. The lowest BCUT2D eigenvalue weighted by Crippen LogP contribution is -2.33. The second-order valence-electron chi connectivity index (χ2n) is 7.55. The number of nitrogens with zero attached hydrogens (tertiary/aromatic N) is 4. The number of hydrogen-bond acceptors (Lipinski definition) is 7. The second kappa shape index (κ2) is 8.70. The number of nitrogens with one attached hydrogen (secondary N) is 2. The Morgan fingerprint density at radius 1 is 1.21 bits per heavy atom. The summed E-state index contributed by atoms with van der Waals surface area (Å²) in [6, 6.07) is 6.68. The molecule has 29 heavy (non-hydrogen) atoms. The van der Waals surface area contributed by atoms with Gasteiger partial charge in [-0.2, -0.15) is 9.97 Å². The minimum absolute atomic E-state index is 0.314. The van der Waals surface area contributed by atoms with Gasteiger partial charge in [-0.3, -0.25) is 0 Å². The normalized spacial score (nSPS) is 19.4. The Morgan fingerprint density at radius 3 is 2.76 bits per heavy atom. The van der Waals surface area contributed by atoms with Gasteiger partial charge in [0, 0.05) is 34.4 Å². The van der Waals surface area contributed by atoms with Crippen LogP contribution in [0.25, 0.3) is 11.2 Å². The van der Waals surface area contributed by atoms with Crippen molar-refractivity contribution in [2.75, 3.05) is 16.4 Å². The van der Waals surface area contributed by atoms with Crippen molar-refractivity contribution < 1.29 is 0 Å². The Morgan fingerprint density at radius 2 is 2.00 bits per heavy atom. The van der Waals surface area contributed by atoms with E-state index in [9.17, 15) is 0 Å². The van der Waals surface area contributed by atoms with Crippen LogP contribution in [0, 0.1) is 3.57 Å². The predicted octanol–water partition coefficient (Wildman–Crippen LogP) is 3.33. The van der Waals surface area contributed by atoms with E-state index in [0.717, 1.165) is 64.0 Å². The number of halogens is 1. The minimum Gasteiger partial charge on any atom is -0.398 e. The molecule has 0 amide bonds. The second-order valence-corrected chi connectivity index (χ2v) is 8.80. The first-order valence-corrected chi connectivity index (χ1v) is 11.1. The van der Waals surface area contributed by atoms with Crippen molar-refractivity contribution in [2.24, 2.45) is 5.73 Å². The molecule has 1 aromatic carbocycles. The summed E-state index contributed by atoms with van der Waals surface area (Å²) in [7, 11) is 0. The maximum absolute atomic E-state index is 6.14. The molecule has 1 saturated carbocycles. The largest absolute Gasteiger partial charge is 0.398 e. The third kappa shape index (κ3) is 4.55. The molecular formula is C20H27IN8. The minimum atomic E-state index is 0.314. The molecule has 0 aliphatic heterocycles. The van der Waals surface area contributed by atoms with E-state index in [4.69, 9.17) is 21.4 Å². The Bertz CT molecular complexity index is 994. The fourth-order valence-electron chi connectivity index (χ4n) is 3.72. The average Bonchev–Trinajstić information content (AvgIpc) is 3.13. The summed E-state index contributed by atoms with van der Waals surface area (Å²) in [6.07, 6.45) is 5.95. The van der Waals surface area contributed by atoms with Gasteiger partial charge in [0.05, 0.1) is 6.33 Å². The highest BCUT2D eigenvalue weighted by molar-refractivity contribution is 14.1. The third-order valence-corrected chi connectivity index (χ3v) is 6.13. The number of rotatable bonds is 6. The Labute approximate surface area is 184 Å². The van der Waals surface area contributed by atoms with Crippen LogP contribution >= 0.6 is 22.6 Å². The average molecular weight is 506 g/mol. The first-order valence-electron chi connectivity index (χ1n) is 10.1. The summed E-state index contributed by atoms with van der Waals surface area (Å²) in [5.74, 6) is 1.35. The molecular weight excluding hydrogens is 479 g/mol. The summed E-state index contributed by atoms with van der Waals surface area (Å²) in [6.45, 7) is 3.46. The highest BCUT2D eigenvalue weighted by atomic mass is 127. The van der Waals surface area contributed by atoms with Crippen LogP contribution in [0.2, 0.25) is 0 Å². The van der Waals surface area contributed by atoms with Crippen LogP contribution in [0.3, 0.4) is 0 Å². The van der Waals surface area contributed by atoms with Crippen molar-refractivity contribution in [1.29, 1.82) is 0 Å². The van der Waals surface area contributed by atoms with Crippen molar-refractivity contribution >= 4 is 51.2 Å². The van der Waals surface area contributed by atoms with Gasteiger partial charge >= 0.3 is 0 Å². The lowest BCUT2D eigenvalue weighted by Gasteiger charge is -2.26. The Hall–Kier alpha value is -2.14. The zero-order valence-corrected chi connectivity index (χ0v) is 18.7. The number of fused-ring (bicyclic) bond motifs is 1. The van der Waals surface area contributed by atoms with Gasteiger partial charge in [0.15, 0.2) is 17.0 Å². The topological polar surface area (TPSA) is 120 Å². The van der Waals surface area contributed by atoms with Crippen LogP contribution in [-0.2, 0) is 13.1 Å². The highest BCUT2D eigenvalue weighted by Gasteiger charge is 2.20. The number of imidazole rings is 1. The monoisotopic (exact) mass is 506 g/mol. The molecule has 0 radical (unpaired) electrons. The van der Waals surface area contributed by atoms with Gasteiger partial charge in [0.25, 0.3) is 0 Å². The molecule has 0 saturated heterocycles. The fraction of sp³-hybridized carbons (Fsp3) is 0.450. The molecule has 8 nitrogen and oxygen atoms in total. The van der Waals surface area contributed by atoms with E-state index in [1.807, 2.05) is 23.0 Å². The van der Waals surface area contributed by atoms with Gasteiger partial charge < -0.3 is 26.7 Å².